The normalized spacial score (nSPS) is 10.3. The molecule has 17 heavy (non-hydrogen) atoms. The number of nitrogens with two attached hydrogens (primary N) is 1. The van der Waals surface area contributed by atoms with Crippen molar-refractivity contribution in [3.63, 3.8) is 0 Å². The predicted molar refractivity (Wildman–Crippen MR) is 61.1 cm³/mol. The van der Waals surface area contributed by atoms with Gasteiger partial charge in [-0.3, -0.25) is 0 Å². The molecular weight excluding hydrogens is 250 g/mol. The number of nitrogen functional groups attached to an aromatic ring is 1. The zero-order chi connectivity index (χ0) is 12.4. The van der Waals surface area contributed by atoms with E-state index in [2.05, 4.69) is 15.3 Å². The molecule has 1 aromatic heterocycles. The zero-order valence-electron chi connectivity index (χ0n) is 8.42. The fourth-order valence-corrected chi connectivity index (χ4v) is 1.46. The number of aromatic nitrogens is 2. The van der Waals surface area contributed by atoms with Crippen molar-refractivity contribution < 1.29 is 8.78 Å². The third kappa shape index (κ3) is 2.59. The summed E-state index contributed by atoms with van der Waals surface area (Å²) in [4.78, 5) is 7.12. The lowest BCUT2D eigenvalue weighted by atomic mass is 10.3. The first kappa shape index (κ1) is 11.5. The predicted octanol–water partition coefficient (Wildman–Crippen LogP) is 2.73. The maximum absolute atomic E-state index is 13.4. The highest BCUT2D eigenvalue weighted by Gasteiger charge is 2.09. The van der Waals surface area contributed by atoms with Crippen molar-refractivity contribution in [3.05, 3.63) is 41.2 Å². The summed E-state index contributed by atoms with van der Waals surface area (Å²) in [5.41, 5.74) is 5.54. The molecule has 0 saturated heterocycles. The number of benzene rings is 1. The van der Waals surface area contributed by atoms with Crippen molar-refractivity contribution in [3.8, 4) is 0 Å². The van der Waals surface area contributed by atoms with E-state index in [4.69, 9.17) is 17.3 Å². The van der Waals surface area contributed by atoms with Gasteiger partial charge in [-0.05, 0) is 18.2 Å². The summed E-state index contributed by atoms with van der Waals surface area (Å²) in [5.74, 6) is -1.76. The molecule has 0 fully saturated rings. The minimum absolute atomic E-state index is 0.140. The van der Waals surface area contributed by atoms with E-state index in [1.807, 2.05) is 0 Å². The van der Waals surface area contributed by atoms with Gasteiger partial charge in [-0.15, -0.1) is 0 Å². The van der Waals surface area contributed by atoms with Crippen molar-refractivity contribution >= 4 is 28.9 Å². The molecule has 2 rings (SSSR count). The van der Waals surface area contributed by atoms with Gasteiger partial charge in [0.05, 0.1) is 0 Å². The lowest BCUT2D eigenvalue weighted by Crippen LogP contribution is -2.03. The van der Waals surface area contributed by atoms with Crippen LogP contribution in [0.25, 0.3) is 0 Å². The van der Waals surface area contributed by atoms with E-state index in [9.17, 15) is 8.78 Å². The molecule has 88 valence electrons. The molecule has 4 nitrogen and oxygen atoms in total. The Hall–Kier alpha value is -1.95. The summed E-state index contributed by atoms with van der Waals surface area (Å²) >= 11 is 5.66. The van der Waals surface area contributed by atoms with Crippen molar-refractivity contribution in [2.24, 2.45) is 0 Å². The van der Waals surface area contributed by atoms with Gasteiger partial charge >= 0.3 is 0 Å². The molecule has 0 aliphatic rings. The maximum atomic E-state index is 13.4. The van der Waals surface area contributed by atoms with E-state index in [0.29, 0.717) is 0 Å². The third-order valence-electron chi connectivity index (χ3n) is 1.94. The molecule has 0 unspecified atom stereocenters. The molecule has 1 heterocycles. The maximum Gasteiger partial charge on any atom is 0.207 e. The van der Waals surface area contributed by atoms with E-state index in [1.54, 1.807) is 0 Å². The minimum atomic E-state index is -0.798. The second-order valence-corrected chi connectivity index (χ2v) is 3.64. The Morgan fingerprint density at radius 1 is 1.18 bits per heavy atom. The van der Waals surface area contributed by atoms with Gasteiger partial charge in [-0.2, -0.15) is 4.39 Å². The molecule has 0 spiro atoms. The summed E-state index contributed by atoms with van der Waals surface area (Å²) in [6.45, 7) is 0. The van der Waals surface area contributed by atoms with E-state index in [0.717, 1.165) is 18.5 Å². The molecule has 1 aromatic carbocycles. The van der Waals surface area contributed by atoms with Gasteiger partial charge in [0, 0.05) is 10.7 Å². The van der Waals surface area contributed by atoms with Crippen LogP contribution in [0.2, 0.25) is 5.02 Å². The SMILES string of the molecule is Nc1ncnc(Nc2cc(F)cc(Cl)c2)c1F. The van der Waals surface area contributed by atoms with Crippen LogP contribution in [-0.2, 0) is 0 Å². The Labute approximate surface area is 100 Å². The topological polar surface area (TPSA) is 63.8 Å². The molecule has 0 saturated carbocycles. The molecular formula is C10H7ClF2N4. The molecule has 7 heteroatoms. The Kier molecular flexibility index (Phi) is 3.06. The molecule has 0 atom stereocenters. The van der Waals surface area contributed by atoms with E-state index in [-0.39, 0.29) is 22.3 Å². The molecule has 0 aliphatic heterocycles. The number of rotatable bonds is 2. The highest BCUT2D eigenvalue weighted by molar-refractivity contribution is 6.30. The number of hydrogen-bond acceptors (Lipinski definition) is 4. The third-order valence-corrected chi connectivity index (χ3v) is 2.16. The molecule has 2 aromatic rings. The summed E-state index contributed by atoms with van der Waals surface area (Å²) < 4.78 is 26.5. The van der Waals surface area contributed by atoms with Crippen LogP contribution in [0, 0.1) is 11.6 Å². The van der Waals surface area contributed by atoms with E-state index in [1.165, 1.54) is 6.07 Å². The Bertz CT molecular complexity index is 542. The quantitative estimate of drug-likeness (QED) is 0.867. The monoisotopic (exact) mass is 256 g/mol. The largest absolute Gasteiger partial charge is 0.381 e. The number of halogens is 3. The lowest BCUT2D eigenvalue weighted by Gasteiger charge is -2.07. The smallest absolute Gasteiger partial charge is 0.207 e. The van der Waals surface area contributed by atoms with Gasteiger partial charge in [0.1, 0.15) is 12.1 Å². The molecule has 3 N–H and O–H groups in total. The Morgan fingerprint density at radius 2 is 1.94 bits per heavy atom. The van der Waals surface area contributed by atoms with E-state index < -0.39 is 11.6 Å². The van der Waals surface area contributed by atoms with Crippen LogP contribution in [0.15, 0.2) is 24.5 Å². The number of hydrogen-bond donors (Lipinski definition) is 2. The van der Waals surface area contributed by atoms with Crippen molar-refractivity contribution in [2.45, 2.75) is 0 Å². The second kappa shape index (κ2) is 4.50. The minimum Gasteiger partial charge on any atom is -0.381 e. The fraction of sp³-hybridized carbons (Fsp3) is 0. The van der Waals surface area contributed by atoms with Crippen molar-refractivity contribution in [1.29, 1.82) is 0 Å². The van der Waals surface area contributed by atoms with Gasteiger partial charge in [-0.25, -0.2) is 14.4 Å². The highest BCUT2D eigenvalue weighted by Crippen LogP contribution is 2.23. The van der Waals surface area contributed by atoms with Crippen molar-refractivity contribution in [1.82, 2.24) is 9.97 Å². The summed E-state index contributed by atoms with van der Waals surface area (Å²) in [7, 11) is 0. The van der Waals surface area contributed by atoms with Crippen LogP contribution in [0.5, 0.6) is 0 Å². The zero-order valence-corrected chi connectivity index (χ0v) is 9.17. The van der Waals surface area contributed by atoms with Crippen LogP contribution in [0.3, 0.4) is 0 Å². The highest BCUT2D eigenvalue weighted by atomic mass is 35.5. The number of nitrogens with zero attached hydrogens (tertiary/aromatic N) is 2. The summed E-state index contributed by atoms with van der Waals surface area (Å²) in [6.07, 6.45) is 1.10. The molecule has 0 aliphatic carbocycles. The first-order valence-electron chi connectivity index (χ1n) is 4.55. The Balaban J connectivity index is 2.34. The first-order chi connectivity index (χ1) is 8.06. The van der Waals surface area contributed by atoms with Crippen molar-refractivity contribution in [2.75, 3.05) is 11.1 Å². The lowest BCUT2D eigenvalue weighted by molar-refractivity contribution is 0.623. The van der Waals surface area contributed by atoms with Crippen LogP contribution >= 0.6 is 11.6 Å². The Morgan fingerprint density at radius 3 is 2.65 bits per heavy atom. The van der Waals surface area contributed by atoms with Crippen LogP contribution in [0.4, 0.5) is 26.1 Å². The number of anilines is 3. The van der Waals surface area contributed by atoms with Crippen LogP contribution in [0.1, 0.15) is 0 Å². The van der Waals surface area contributed by atoms with E-state index >= 15 is 0 Å². The van der Waals surface area contributed by atoms with Gasteiger partial charge in [0.25, 0.3) is 0 Å². The standard InChI is InChI=1S/C10H7ClF2N4/c11-5-1-6(12)3-7(2-5)17-10-8(13)9(14)15-4-16-10/h1-4H,(H3,14,15,16,17). The van der Waals surface area contributed by atoms with Gasteiger partial charge in [0.2, 0.25) is 5.82 Å². The van der Waals surface area contributed by atoms with Gasteiger partial charge in [0.15, 0.2) is 11.6 Å². The van der Waals surface area contributed by atoms with Gasteiger partial charge in [-0.1, -0.05) is 11.6 Å². The van der Waals surface area contributed by atoms with Crippen LogP contribution < -0.4 is 11.1 Å². The average Bonchev–Trinajstić information content (AvgIpc) is 2.23. The fourth-order valence-electron chi connectivity index (χ4n) is 1.23. The summed E-state index contributed by atoms with van der Waals surface area (Å²) in [5, 5.41) is 2.75. The first-order valence-corrected chi connectivity index (χ1v) is 4.93. The second-order valence-electron chi connectivity index (χ2n) is 3.20. The number of nitrogens with one attached hydrogen (secondary N) is 1. The molecule has 0 amide bonds. The van der Waals surface area contributed by atoms with Crippen LogP contribution in [-0.4, -0.2) is 9.97 Å². The molecule has 0 bridgehead atoms. The van der Waals surface area contributed by atoms with Gasteiger partial charge < -0.3 is 11.1 Å². The molecule has 0 radical (unpaired) electrons. The average molecular weight is 257 g/mol. The summed E-state index contributed by atoms with van der Waals surface area (Å²) in [6, 6.07) is 3.73.